The molecule has 0 saturated heterocycles. The smallest absolute Gasteiger partial charge is 0.181 e. The zero-order chi connectivity index (χ0) is 12.4. The second-order valence-corrected chi connectivity index (χ2v) is 3.96. The third kappa shape index (κ3) is 1.91. The Morgan fingerprint density at radius 1 is 1.53 bits per heavy atom. The lowest BCUT2D eigenvalue weighted by Gasteiger charge is -2.06. The number of hydrogen-bond donors (Lipinski definition) is 2. The molecule has 0 bridgehead atoms. The molecule has 0 amide bonds. The molecule has 0 aliphatic carbocycles. The van der Waals surface area contributed by atoms with E-state index in [-0.39, 0.29) is 5.78 Å². The monoisotopic (exact) mass is 232 g/mol. The van der Waals surface area contributed by atoms with Crippen molar-refractivity contribution in [2.24, 2.45) is 5.73 Å². The van der Waals surface area contributed by atoms with Crippen molar-refractivity contribution < 1.29 is 9.53 Å². The van der Waals surface area contributed by atoms with Crippen molar-refractivity contribution in [1.29, 1.82) is 0 Å². The van der Waals surface area contributed by atoms with Crippen molar-refractivity contribution in [3.8, 4) is 5.75 Å². The molecule has 4 nitrogen and oxygen atoms in total. The number of Topliss-reactive ketones (excluding diaryl/α,β-unsaturated/α-hetero) is 1. The summed E-state index contributed by atoms with van der Waals surface area (Å²) >= 11 is 0. The summed E-state index contributed by atoms with van der Waals surface area (Å²) in [6, 6.07) is 5.17. The molecule has 90 valence electrons. The molecule has 2 aromatic rings. The van der Waals surface area contributed by atoms with Gasteiger partial charge in [-0.05, 0) is 12.5 Å². The number of ketones is 1. The van der Waals surface area contributed by atoms with Crippen LogP contribution >= 0.6 is 0 Å². The maximum Gasteiger partial charge on any atom is 0.181 e. The van der Waals surface area contributed by atoms with E-state index in [1.807, 2.05) is 25.1 Å². The van der Waals surface area contributed by atoms with Crippen LogP contribution in [0, 0.1) is 0 Å². The molecule has 3 N–H and O–H groups in total. The van der Waals surface area contributed by atoms with E-state index in [4.69, 9.17) is 10.5 Å². The zero-order valence-electron chi connectivity index (χ0n) is 9.99. The number of nitrogens with one attached hydrogen (secondary N) is 1. The molecule has 0 aliphatic heterocycles. The minimum atomic E-state index is -0.444. The maximum atomic E-state index is 12.1. The molecule has 1 atom stereocenters. The van der Waals surface area contributed by atoms with Gasteiger partial charge in [0, 0.05) is 17.1 Å². The maximum absolute atomic E-state index is 12.1. The standard InChI is InChI=1S/C13H16N2O2/c1-3-10(14)13(16)9-7-15-12-8(9)5-4-6-11(12)17-2/h4-7,10,15H,3,14H2,1-2H3. The van der Waals surface area contributed by atoms with Crippen molar-refractivity contribution in [3.63, 3.8) is 0 Å². The highest BCUT2D eigenvalue weighted by atomic mass is 16.5. The average Bonchev–Trinajstić information content (AvgIpc) is 2.80. The number of aromatic amines is 1. The molecule has 2 rings (SSSR count). The number of benzene rings is 1. The van der Waals surface area contributed by atoms with Gasteiger partial charge in [-0.1, -0.05) is 19.1 Å². The number of carbonyl (C=O) groups is 1. The Kier molecular flexibility index (Phi) is 3.15. The summed E-state index contributed by atoms with van der Waals surface area (Å²) in [6.45, 7) is 1.90. The number of hydrogen-bond acceptors (Lipinski definition) is 3. The van der Waals surface area contributed by atoms with E-state index >= 15 is 0 Å². The Bertz CT molecular complexity index is 545. The molecule has 1 unspecified atom stereocenters. The summed E-state index contributed by atoms with van der Waals surface area (Å²) in [4.78, 5) is 15.1. The van der Waals surface area contributed by atoms with Crippen molar-refractivity contribution in [1.82, 2.24) is 4.98 Å². The van der Waals surface area contributed by atoms with Gasteiger partial charge in [0.2, 0.25) is 0 Å². The predicted octanol–water partition coefficient (Wildman–Crippen LogP) is 2.10. The van der Waals surface area contributed by atoms with E-state index in [1.165, 1.54) is 0 Å². The lowest BCUT2D eigenvalue weighted by atomic mass is 10.0. The van der Waals surface area contributed by atoms with Gasteiger partial charge in [0.05, 0.1) is 18.7 Å². The molecule has 4 heteroatoms. The highest BCUT2D eigenvalue weighted by Gasteiger charge is 2.18. The summed E-state index contributed by atoms with van der Waals surface area (Å²) < 4.78 is 5.23. The molecule has 0 saturated carbocycles. The fourth-order valence-electron chi connectivity index (χ4n) is 1.89. The Hall–Kier alpha value is -1.81. The van der Waals surface area contributed by atoms with Gasteiger partial charge in [-0.25, -0.2) is 0 Å². The van der Waals surface area contributed by atoms with Gasteiger partial charge in [-0.2, -0.15) is 0 Å². The van der Waals surface area contributed by atoms with E-state index in [9.17, 15) is 4.79 Å². The number of ether oxygens (including phenoxy) is 1. The van der Waals surface area contributed by atoms with Crippen LogP contribution in [0.2, 0.25) is 0 Å². The molecular formula is C13H16N2O2. The van der Waals surface area contributed by atoms with Crippen LogP contribution in [0.15, 0.2) is 24.4 Å². The van der Waals surface area contributed by atoms with Crippen LogP contribution in [0.1, 0.15) is 23.7 Å². The van der Waals surface area contributed by atoms with Crippen LogP contribution < -0.4 is 10.5 Å². The number of carbonyl (C=O) groups excluding carboxylic acids is 1. The molecule has 0 spiro atoms. The Morgan fingerprint density at radius 2 is 2.29 bits per heavy atom. The third-order valence-corrected chi connectivity index (χ3v) is 2.94. The van der Waals surface area contributed by atoms with Gasteiger partial charge in [-0.15, -0.1) is 0 Å². The first-order valence-electron chi connectivity index (χ1n) is 5.63. The topological polar surface area (TPSA) is 68.1 Å². The number of nitrogens with two attached hydrogens (primary N) is 1. The number of rotatable bonds is 4. The van der Waals surface area contributed by atoms with Gasteiger partial charge < -0.3 is 15.5 Å². The second-order valence-electron chi connectivity index (χ2n) is 3.96. The minimum absolute atomic E-state index is 0.0352. The van der Waals surface area contributed by atoms with Crippen LogP contribution in [-0.2, 0) is 0 Å². The number of aromatic nitrogens is 1. The van der Waals surface area contributed by atoms with E-state index in [0.717, 1.165) is 16.7 Å². The fourth-order valence-corrected chi connectivity index (χ4v) is 1.89. The fraction of sp³-hybridized carbons (Fsp3) is 0.308. The highest BCUT2D eigenvalue weighted by Crippen LogP contribution is 2.27. The minimum Gasteiger partial charge on any atom is -0.495 e. The Morgan fingerprint density at radius 3 is 2.94 bits per heavy atom. The van der Waals surface area contributed by atoms with Crippen LogP contribution in [0.5, 0.6) is 5.75 Å². The highest BCUT2D eigenvalue weighted by molar-refractivity contribution is 6.11. The molecule has 0 fully saturated rings. The zero-order valence-corrected chi connectivity index (χ0v) is 9.99. The molecule has 1 aromatic heterocycles. The first kappa shape index (κ1) is 11.7. The third-order valence-electron chi connectivity index (χ3n) is 2.94. The molecule has 0 aliphatic rings. The number of H-pyrrole nitrogens is 1. The number of para-hydroxylation sites is 1. The van der Waals surface area contributed by atoms with E-state index in [2.05, 4.69) is 4.98 Å². The molecule has 17 heavy (non-hydrogen) atoms. The van der Waals surface area contributed by atoms with Gasteiger partial charge in [0.25, 0.3) is 0 Å². The van der Waals surface area contributed by atoms with E-state index in [0.29, 0.717) is 12.0 Å². The largest absolute Gasteiger partial charge is 0.495 e. The lowest BCUT2D eigenvalue weighted by molar-refractivity contribution is 0.0961. The van der Waals surface area contributed by atoms with Crippen LogP contribution in [0.3, 0.4) is 0 Å². The molecule has 0 radical (unpaired) electrons. The van der Waals surface area contributed by atoms with Crippen LogP contribution in [0.25, 0.3) is 10.9 Å². The normalized spacial score (nSPS) is 12.6. The first-order chi connectivity index (χ1) is 8.19. The van der Waals surface area contributed by atoms with Gasteiger partial charge in [0.15, 0.2) is 5.78 Å². The van der Waals surface area contributed by atoms with Crippen LogP contribution in [0.4, 0.5) is 0 Å². The van der Waals surface area contributed by atoms with Gasteiger partial charge in [-0.3, -0.25) is 4.79 Å². The summed E-state index contributed by atoms with van der Waals surface area (Å²) in [5.41, 5.74) is 7.24. The quantitative estimate of drug-likeness (QED) is 0.793. The summed E-state index contributed by atoms with van der Waals surface area (Å²) in [5, 5.41) is 0.859. The van der Waals surface area contributed by atoms with Crippen molar-refractivity contribution in [2.45, 2.75) is 19.4 Å². The molecular weight excluding hydrogens is 216 g/mol. The summed E-state index contributed by atoms with van der Waals surface area (Å²) in [5.74, 6) is 0.693. The lowest BCUT2D eigenvalue weighted by Crippen LogP contribution is -2.29. The molecule has 1 heterocycles. The predicted molar refractivity (Wildman–Crippen MR) is 67.4 cm³/mol. The van der Waals surface area contributed by atoms with Gasteiger partial charge >= 0.3 is 0 Å². The summed E-state index contributed by atoms with van der Waals surface area (Å²) in [6.07, 6.45) is 2.33. The first-order valence-corrected chi connectivity index (χ1v) is 5.63. The number of fused-ring (bicyclic) bond motifs is 1. The van der Waals surface area contributed by atoms with Gasteiger partial charge in [0.1, 0.15) is 5.75 Å². The van der Waals surface area contributed by atoms with Crippen molar-refractivity contribution in [2.75, 3.05) is 7.11 Å². The van der Waals surface area contributed by atoms with E-state index in [1.54, 1.807) is 13.3 Å². The SMILES string of the molecule is CCC(N)C(=O)c1c[nH]c2c(OC)cccc12. The molecule has 1 aromatic carbocycles. The Balaban J connectivity index is 2.54. The summed E-state index contributed by atoms with van der Waals surface area (Å²) in [7, 11) is 1.61. The Labute approximate surface area is 99.8 Å². The van der Waals surface area contributed by atoms with Crippen molar-refractivity contribution >= 4 is 16.7 Å². The van der Waals surface area contributed by atoms with E-state index < -0.39 is 6.04 Å². The second kappa shape index (κ2) is 4.59. The van der Waals surface area contributed by atoms with Crippen molar-refractivity contribution in [3.05, 3.63) is 30.0 Å². The average molecular weight is 232 g/mol. The van der Waals surface area contributed by atoms with Crippen LogP contribution in [-0.4, -0.2) is 23.9 Å². The number of methoxy groups -OCH3 is 1.